The van der Waals surface area contributed by atoms with Crippen LogP contribution >= 0.6 is 11.6 Å². The summed E-state index contributed by atoms with van der Waals surface area (Å²) in [4.78, 5) is 39.4. The highest BCUT2D eigenvalue weighted by Crippen LogP contribution is 2.25. The largest absolute Gasteiger partial charge is 0.375 e. The number of aryl methyl sites for hydroxylation is 2. The zero-order valence-corrected chi connectivity index (χ0v) is 21.1. The molecule has 0 spiro atoms. The second-order valence-electron chi connectivity index (χ2n) is 8.53. The fourth-order valence-corrected chi connectivity index (χ4v) is 4.41. The molecule has 184 valence electrons. The van der Waals surface area contributed by atoms with Crippen LogP contribution in [0, 0.1) is 0 Å². The van der Waals surface area contributed by atoms with Crippen molar-refractivity contribution in [3.05, 3.63) is 111 Å². The molecule has 0 saturated heterocycles. The Labute approximate surface area is 216 Å². The minimum absolute atomic E-state index is 0.0858. The molecule has 3 amide bonds. The first-order valence-corrected chi connectivity index (χ1v) is 12.4. The van der Waals surface area contributed by atoms with Gasteiger partial charge in [-0.05, 0) is 47.2 Å². The van der Waals surface area contributed by atoms with E-state index >= 15 is 0 Å². The lowest BCUT2D eigenvalue weighted by Gasteiger charge is -2.15. The van der Waals surface area contributed by atoms with Crippen molar-refractivity contribution in [2.45, 2.75) is 39.8 Å². The van der Waals surface area contributed by atoms with Crippen LogP contribution in [0.25, 0.3) is 0 Å². The maximum atomic E-state index is 12.9. The maximum Gasteiger partial charge on any atom is 0.278 e. The van der Waals surface area contributed by atoms with Crippen LogP contribution in [-0.4, -0.2) is 22.6 Å². The number of imide groups is 1. The van der Waals surface area contributed by atoms with Crippen molar-refractivity contribution in [3.63, 3.8) is 0 Å². The van der Waals surface area contributed by atoms with Gasteiger partial charge in [-0.15, -0.1) is 0 Å². The van der Waals surface area contributed by atoms with Gasteiger partial charge in [0.25, 0.3) is 17.7 Å². The second-order valence-corrected chi connectivity index (χ2v) is 8.91. The van der Waals surface area contributed by atoms with Gasteiger partial charge in [0.2, 0.25) is 0 Å². The Kier molecular flexibility index (Phi) is 7.86. The van der Waals surface area contributed by atoms with Gasteiger partial charge in [0, 0.05) is 17.8 Å². The summed E-state index contributed by atoms with van der Waals surface area (Å²) in [6.45, 7) is 4.57. The Hall–Kier alpha value is -3.90. The fraction of sp³-hybridized carbons (Fsp3) is 0.207. The Balaban J connectivity index is 1.40. The van der Waals surface area contributed by atoms with Gasteiger partial charge in [-0.3, -0.25) is 19.3 Å². The summed E-state index contributed by atoms with van der Waals surface area (Å²) in [6.07, 6.45) is 1.66. The van der Waals surface area contributed by atoms with Crippen molar-refractivity contribution in [2.24, 2.45) is 0 Å². The molecule has 4 rings (SSSR count). The van der Waals surface area contributed by atoms with Crippen molar-refractivity contribution in [1.82, 2.24) is 10.2 Å². The minimum Gasteiger partial charge on any atom is -0.375 e. The van der Waals surface area contributed by atoms with Crippen molar-refractivity contribution < 1.29 is 14.4 Å². The summed E-state index contributed by atoms with van der Waals surface area (Å²) in [5.41, 5.74) is 5.38. The molecule has 6 nitrogen and oxygen atoms in total. The number of benzene rings is 3. The van der Waals surface area contributed by atoms with E-state index in [9.17, 15) is 14.4 Å². The van der Waals surface area contributed by atoms with Gasteiger partial charge < -0.3 is 10.6 Å². The van der Waals surface area contributed by atoms with E-state index < -0.39 is 11.8 Å². The third kappa shape index (κ3) is 5.34. The fourth-order valence-electron chi connectivity index (χ4n) is 4.16. The van der Waals surface area contributed by atoms with E-state index in [-0.39, 0.29) is 29.7 Å². The summed E-state index contributed by atoms with van der Waals surface area (Å²) >= 11 is 6.20. The predicted octanol–water partition coefficient (Wildman–Crippen LogP) is 5.17. The number of hydrogen-bond acceptors (Lipinski definition) is 4. The third-order valence-electron chi connectivity index (χ3n) is 6.22. The number of nitrogens with zero attached hydrogens (tertiary/aromatic N) is 1. The Morgan fingerprint density at radius 1 is 0.806 bits per heavy atom. The first kappa shape index (κ1) is 25.2. The van der Waals surface area contributed by atoms with E-state index in [1.54, 1.807) is 12.1 Å². The number of carbonyl (C=O) groups is 3. The van der Waals surface area contributed by atoms with E-state index in [2.05, 4.69) is 24.5 Å². The number of carbonyl (C=O) groups excluding carboxylic acids is 3. The van der Waals surface area contributed by atoms with Gasteiger partial charge in [0.15, 0.2) is 0 Å². The molecule has 0 atom stereocenters. The molecular formula is C29H28ClN3O3. The number of anilines is 1. The van der Waals surface area contributed by atoms with Crippen molar-refractivity contribution in [3.8, 4) is 0 Å². The zero-order valence-electron chi connectivity index (χ0n) is 20.3. The van der Waals surface area contributed by atoms with Crippen LogP contribution in [0.1, 0.15) is 46.5 Å². The van der Waals surface area contributed by atoms with Crippen LogP contribution in [0.5, 0.6) is 0 Å². The molecule has 0 unspecified atom stereocenters. The predicted molar refractivity (Wildman–Crippen MR) is 141 cm³/mol. The molecule has 0 saturated carbocycles. The molecule has 1 heterocycles. The zero-order chi connectivity index (χ0) is 25.7. The third-order valence-corrected chi connectivity index (χ3v) is 6.57. The molecule has 0 bridgehead atoms. The summed E-state index contributed by atoms with van der Waals surface area (Å²) in [7, 11) is 0. The van der Waals surface area contributed by atoms with Gasteiger partial charge in [-0.1, -0.05) is 86.1 Å². The number of para-hydroxylation sites is 1. The van der Waals surface area contributed by atoms with E-state index in [0.29, 0.717) is 5.56 Å². The normalized spacial score (nSPS) is 13.4. The monoisotopic (exact) mass is 501 g/mol. The van der Waals surface area contributed by atoms with Crippen LogP contribution in [0.15, 0.2) is 83.5 Å². The maximum absolute atomic E-state index is 12.9. The molecule has 7 heteroatoms. The summed E-state index contributed by atoms with van der Waals surface area (Å²) in [6, 6.07) is 22.4. The van der Waals surface area contributed by atoms with E-state index in [1.165, 1.54) is 0 Å². The molecule has 0 radical (unpaired) electrons. The molecule has 0 fully saturated rings. The standard InChI is InChI=1S/C29H28ClN3O3/c1-3-21-11-8-12-22(4-2)25(21)32-27(34)23-15-13-19(14-16-23)17-31-26-24(30)28(35)33(29(26)36)18-20-9-6-5-7-10-20/h5-16,31H,3-4,17-18H2,1-2H3,(H,32,34). The molecule has 1 aliphatic heterocycles. The van der Waals surface area contributed by atoms with Crippen LogP contribution in [0.4, 0.5) is 5.69 Å². The van der Waals surface area contributed by atoms with Gasteiger partial charge in [0.1, 0.15) is 10.7 Å². The highest BCUT2D eigenvalue weighted by atomic mass is 35.5. The van der Waals surface area contributed by atoms with Crippen molar-refractivity contribution in [1.29, 1.82) is 0 Å². The molecule has 3 aromatic rings. The van der Waals surface area contributed by atoms with Crippen LogP contribution < -0.4 is 10.6 Å². The number of rotatable bonds is 9. The number of hydrogen-bond donors (Lipinski definition) is 2. The molecule has 36 heavy (non-hydrogen) atoms. The van der Waals surface area contributed by atoms with Gasteiger partial charge in [-0.2, -0.15) is 0 Å². The van der Waals surface area contributed by atoms with Gasteiger partial charge >= 0.3 is 0 Å². The summed E-state index contributed by atoms with van der Waals surface area (Å²) in [5, 5.41) is 5.95. The van der Waals surface area contributed by atoms with Gasteiger partial charge in [0.05, 0.1) is 6.54 Å². The highest BCUT2D eigenvalue weighted by Gasteiger charge is 2.37. The lowest BCUT2D eigenvalue weighted by atomic mass is 10.0. The Morgan fingerprint density at radius 2 is 1.44 bits per heavy atom. The number of nitrogens with one attached hydrogen (secondary N) is 2. The molecular weight excluding hydrogens is 474 g/mol. The van der Waals surface area contributed by atoms with Crippen LogP contribution in [0.2, 0.25) is 0 Å². The Bertz CT molecular complexity index is 1300. The molecule has 0 aliphatic carbocycles. The van der Waals surface area contributed by atoms with E-state index in [0.717, 1.165) is 45.7 Å². The lowest BCUT2D eigenvalue weighted by molar-refractivity contribution is -0.138. The SMILES string of the molecule is CCc1cccc(CC)c1NC(=O)c1ccc(CNC2=C(Cl)C(=O)N(Cc3ccccc3)C2=O)cc1. The number of halogens is 1. The smallest absolute Gasteiger partial charge is 0.278 e. The number of amides is 3. The second kappa shape index (κ2) is 11.2. The molecule has 3 aromatic carbocycles. The van der Waals surface area contributed by atoms with Crippen molar-refractivity contribution in [2.75, 3.05) is 5.32 Å². The summed E-state index contributed by atoms with van der Waals surface area (Å²) in [5.74, 6) is -1.14. The average molecular weight is 502 g/mol. The summed E-state index contributed by atoms with van der Waals surface area (Å²) < 4.78 is 0. The molecule has 2 N–H and O–H groups in total. The quantitative estimate of drug-likeness (QED) is 0.396. The average Bonchev–Trinajstić information content (AvgIpc) is 3.11. The lowest BCUT2D eigenvalue weighted by Crippen LogP contribution is -2.33. The van der Waals surface area contributed by atoms with Crippen LogP contribution in [0.3, 0.4) is 0 Å². The first-order valence-electron chi connectivity index (χ1n) is 12.0. The topological polar surface area (TPSA) is 78.5 Å². The Morgan fingerprint density at radius 3 is 2.06 bits per heavy atom. The van der Waals surface area contributed by atoms with E-state index in [1.807, 2.05) is 60.7 Å². The van der Waals surface area contributed by atoms with E-state index in [4.69, 9.17) is 11.6 Å². The minimum atomic E-state index is -0.515. The van der Waals surface area contributed by atoms with Gasteiger partial charge in [-0.25, -0.2) is 0 Å². The molecule has 0 aromatic heterocycles. The van der Waals surface area contributed by atoms with Crippen LogP contribution in [-0.2, 0) is 35.5 Å². The van der Waals surface area contributed by atoms with Crippen molar-refractivity contribution >= 4 is 35.0 Å². The molecule has 1 aliphatic rings. The highest BCUT2D eigenvalue weighted by molar-refractivity contribution is 6.47. The first-order chi connectivity index (χ1) is 17.4.